The lowest BCUT2D eigenvalue weighted by atomic mass is 9.98. The van der Waals surface area contributed by atoms with E-state index in [0.717, 1.165) is 25.1 Å². The smallest absolute Gasteiger partial charge is 0.0839 e. The molecule has 18 heavy (non-hydrogen) atoms. The molecule has 3 rings (SSSR count). The van der Waals surface area contributed by atoms with Gasteiger partial charge >= 0.3 is 0 Å². The van der Waals surface area contributed by atoms with Crippen LogP contribution in [0.4, 0.5) is 0 Å². The van der Waals surface area contributed by atoms with E-state index in [4.69, 9.17) is 10.5 Å². The van der Waals surface area contributed by atoms with E-state index >= 15 is 0 Å². The predicted molar refractivity (Wildman–Crippen MR) is 68.1 cm³/mol. The monoisotopic (exact) mass is 250 g/mol. The van der Waals surface area contributed by atoms with E-state index < -0.39 is 0 Å². The Hall–Kier alpha value is -0.940. The summed E-state index contributed by atoms with van der Waals surface area (Å²) in [6.07, 6.45) is 10.7. The minimum Gasteiger partial charge on any atom is -0.370 e. The first-order valence-electron chi connectivity index (χ1n) is 7.07. The molecular weight excluding hydrogens is 228 g/mol. The van der Waals surface area contributed by atoms with Crippen LogP contribution >= 0.6 is 0 Å². The van der Waals surface area contributed by atoms with Gasteiger partial charge in [0.15, 0.2) is 0 Å². The van der Waals surface area contributed by atoms with Crippen molar-refractivity contribution < 1.29 is 4.74 Å². The Labute approximate surface area is 108 Å². The maximum atomic E-state index is 6.27. The molecule has 1 spiro atoms. The molecule has 0 radical (unpaired) electrons. The van der Waals surface area contributed by atoms with Gasteiger partial charge in [-0.05, 0) is 32.2 Å². The number of hydrogen-bond acceptors (Lipinski definition) is 4. The summed E-state index contributed by atoms with van der Waals surface area (Å²) < 4.78 is 8.18. The lowest BCUT2D eigenvalue weighted by molar-refractivity contribution is -0.0430. The van der Waals surface area contributed by atoms with Crippen LogP contribution in [-0.4, -0.2) is 33.2 Å². The van der Waals surface area contributed by atoms with Crippen molar-refractivity contribution in [3.8, 4) is 0 Å². The second-order valence-electron chi connectivity index (χ2n) is 5.64. The van der Waals surface area contributed by atoms with Gasteiger partial charge in [-0.1, -0.05) is 18.1 Å². The summed E-state index contributed by atoms with van der Waals surface area (Å²) in [5, 5.41) is 8.26. The fourth-order valence-electron chi connectivity index (χ4n) is 3.31. The summed E-state index contributed by atoms with van der Waals surface area (Å²) in [6, 6.07) is 0. The summed E-state index contributed by atoms with van der Waals surface area (Å²) in [6.45, 7) is 1.46. The van der Waals surface area contributed by atoms with Crippen LogP contribution in [0.15, 0.2) is 6.20 Å². The number of nitrogens with zero attached hydrogens (tertiary/aromatic N) is 3. The minimum atomic E-state index is 0.214. The van der Waals surface area contributed by atoms with Crippen molar-refractivity contribution in [1.82, 2.24) is 15.0 Å². The number of hydrogen-bond donors (Lipinski definition) is 1. The Morgan fingerprint density at radius 3 is 3.00 bits per heavy atom. The second-order valence-corrected chi connectivity index (χ2v) is 5.64. The Kier molecular flexibility index (Phi) is 3.35. The topological polar surface area (TPSA) is 66.0 Å². The van der Waals surface area contributed by atoms with Gasteiger partial charge in [0.2, 0.25) is 0 Å². The first kappa shape index (κ1) is 12.1. The molecule has 1 aliphatic heterocycles. The first-order valence-corrected chi connectivity index (χ1v) is 7.07. The number of ether oxygens (including phenoxy) is 1. The molecular formula is C13H22N4O. The molecule has 2 heterocycles. The molecule has 5 heteroatoms. The molecule has 5 nitrogen and oxygen atoms in total. The quantitative estimate of drug-likeness (QED) is 0.874. The van der Waals surface area contributed by atoms with Crippen molar-refractivity contribution in [3.05, 3.63) is 11.9 Å². The average molecular weight is 250 g/mol. The maximum absolute atomic E-state index is 6.27. The van der Waals surface area contributed by atoms with Gasteiger partial charge in [-0.3, -0.25) is 0 Å². The third-order valence-corrected chi connectivity index (χ3v) is 4.23. The lowest BCUT2D eigenvalue weighted by Crippen LogP contribution is -2.26. The van der Waals surface area contributed by atoms with Crippen LogP contribution in [0.5, 0.6) is 0 Å². The average Bonchev–Trinajstić information content (AvgIpc) is 3.06. The number of aromatic nitrogens is 3. The van der Waals surface area contributed by atoms with Crippen molar-refractivity contribution in [2.45, 2.75) is 63.2 Å². The zero-order chi connectivity index (χ0) is 12.4. The Bertz CT molecular complexity index is 397. The van der Waals surface area contributed by atoms with Crippen molar-refractivity contribution in [2.75, 3.05) is 6.54 Å². The largest absolute Gasteiger partial charge is 0.370 e. The van der Waals surface area contributed by atoms with E-state index in [1.807, 2.05) is 10.9 Å². The van der Waals surface area contributed by atoms with Crippen molar-refractivity contribution in [2.24, 2.45) is 5.73 Å². The van der Waals surface area contributed by atoms with E-state index in [-0.39, 0.29) is 5.60 Å². The highest BCUT2D eigenvalue weighted by molar-refractivity contribution is 4.95. The summed E-state index contributed by atoms with van der Waals surface area (Å²) >= 11 is 0. The zero-order valence-corrected chi connectivity index (χ0v) is 10.8. The number of rotatable bonds is 4. The zero-order valence-electron chi connectivity index (χ0n) is 10.8. The molecule has 1 atom stereocenters. The third-order valence-electron chi connectivity index (χ3n) is 4.23. The van der Waals surface area contributed by atoms with Gasteiger partial charge in [0.1, 0.15) is 0 Å². The molecule has 1 aromatic rings. The second kappa shape index (κ2) is 4.97. The standard InChI is InChI=1S/C13H22N4O/c14-8-4-11-9-17(16-15-11)10-12-3-7-13(18-12)5-1-2-6-13/h9,12H,1-8,10,14H2. The van der Waals surface area contributed by atoms with Crippen LogP contribution in [0.1, 0.15) is 44.2 Å². The van der Waals surface area contributed by atoms with Crippen LogP contribution in [0, 0.1) is 0 Å². The summed E-state index contributed by atoms with van der Waals surface area (Å²) in [7, 11) is 0. The highest BCUT2D eigenvalue weighted by Crippen LogP contribution is 2.43. The Morgan fingerprint density at radius 1 is 1.39 bits per heavy atom. The van der Waals surface area contributed by atoms with Gasteiger partial charge in [-0.25, -0.2) is 4.68 Å². The van der Waals surface area contributed by atoms with Gasteiger partial charge in [0.05, 0.1) is 23.9 Å². The van der Waals surface area contributed by atoms with E-state index in [9.17, 15) is 0 Å². The molecule has 2 fully saturated rings. The molecule has 1 aromatic heterocycles. The third kappa shape index (κ3) is 2.42. The molecule has 2 N–H and O–H groups in total. The lowest BCUT2D eigenvalue weighted by Gasteiger charge is -2.23. The molecule has 1 aliphatic carbocycles. The molecule has 1 unspecified atom stereocenters. The van der Waals surface area contributed by atoms with Gasteiger partial charge in [-0.15, -0.1) is 5.10 Å². The van der Waals surface area contributed by atoms with E-state index in [0.29, 0.717) is 12.6 Å². The van der Waals surface area contributed by atoms with E-state index in [1.54, 1.807) is 0 Å². The van der Waals surface area contributed by atoms with Crippen LogP contribution in [-0.2, 0) is 17.7 Å². The van der Waals surface area contributed by atoms with Crippen molar-refractivity contribution in [1.29, 1.82) is 0 Å². The summed E-state index contributed by atoms with van der Waals surface area (Å²) in [5.41, 5.74) is 6.70. The van der Waals surface area contributed by atoms with Gasteiger partial charge in [0, 0.05) is 12.6 Å². The molecule has 1 saturated heterocycles. The van der Waals surface area contributed by atoms with Crippen LogP contribution in [0.3, 0.4) is 0 Å². The molecule has 2 aliphatic rings. The Morgan fingerprint density at radius 2 is 2.22 bits per heavy atom. The normalized spacial score (nSPS) is 26.2. The van der Waals surface area contributed by atoms with E-state index in [2.05, 4.69) is 10.3 Å². The molecule has 0 amide bonds. The van der Waals surface area contributed by atoms with E-state index in [1.165, 1.54) is 32.1 Å². The number of nitrogens with two attached hydrogens (primary N) is 1. The van der Waals surface area contributed by atoms with Gasteiger partial charge in [0.25, 0.3) is 0 Å². The fraction of sp³-hybridized carbons (Fsp3) is 0.846. The summed E-state index contributed by atoms with van der Waals surface area (Å²) in [4.78, 5) is 0. The first-order chi connectivity index (χ1) is 8.80. The molecule has 1 saturated carbocycles. The maximum Gasteiger partial charge on any atom is 0.0839 e. The molecule has 0 bridgehead atoms. The van der Waals surface area contributed by atoms with Crippen molar-refractivity contribution in [3.63, 3.8) is 0 Å². The van der Waals surface area contributed by atoms with Gasteiger partial charge in [-0.2, -0.15) is 0 Å². The highest BCUT2D eigenvalue weighted by Gasteiger charge is 2.42. The van der Waals surface area contributed by atoms with Crippen LogP contribution in [0.25, 0.3) is 0 Å². The summed E-state index contributed by atoms with van der Waals surface area (Å²) in [5.74, 6) is 0. The van der Waals surface area contributed by atoms with Crippen LogP contribution < -0.4 is 5.73 Å². The minimum absolute atomic E-state index is 0.214. The molecule has 100 valence electrons. The van der Waals surface area contributed by atoms with Crippen molar-refractivity contribution >= 4 is 0 Å². The van der Waals surface area contributed by atoms with Crippen LogP contribution in [0.2, 0.25) is 0 Å². The SMILES string of the molecule is NCCc1cn(CC2CCC3(CCCC3)O2)nn1. The Balaban J connectivity index is 1.56. The molecule has 0 aromatic carbocycles. The highest BCUT2D eigenvalue weighted by atomic mass is 16.5. The van der Waals surface area contributed by atoms with Gasteiger partial charge < -0.3 is 10.5 Å². The fourth-order valence-corrected chi connectivity index (χ4v) is 3.31. The predicted octanol–water partition coefficient (Wildman–Crippen LogP) is 1.27.